The fourth-order valence-electron chi connectivity index (χ4n) is 2.95. The molecule has 1 fully saturated rings. The quantitative estimate of drug-likeness (QED) is 0.719. The zero-order valence-electron chi connectivity index (χ0n) is 15.4. The van der Waals surface area contributed by atoms with Crippen LogP contribution in [0.15, 0.2) is 53.1 Å². The van der Waals surface area contributed by atoms with E-state index >= 15 is 0 Å². The number of rotatable bonds is 5. The minimum Gasteiger partial charge on any atom is -0.375 e. The minimum atomic E-state index is -0.190. The smallest absolute Gasteiger partial charge is 0.319 e. The third-order valence-electron chi connectivity index (χ3n) is 4.38. The first kappa shape index (κ1) is 18.8. The zero-order chi connectivity index (χ0) is 18.2. The lowest BCUT2D eigenvalue weighted by atomic mass is 9.98. The molecule has 0 aromatic rings. The van der Waals surface area contributed by atoms with E-state index in [0.717, 1.165) is 43.0 Å². The van der Waals surface area contributed by atoms with Crippen molar-refractivity contribution in [1.29, 1.82) is 0 Å². The average Bonchev–Trinajstić information content (AvgIpc) is 3.06. The number of hydrogen-bond donors (Lipinski definition) is 3. The number of piperidine rings is 1. The molecule has 2 aliphatic heterocycles. The van der Waals surface area contributed by atoms with Gasteiger partial charge in [0, 0.05) is 49.0 Å². The molecule has 0 radical (unpaired) electrons. The lowest BCUT2D eigenvalue weighted by Crippen LogP contribution is -2.42. The summed E-state index contributed by atoms with van der Waals surface area (Å²) in [5.74, 6) is 1.25. The van der Waals surface area contributed by atoms with Crippen LogP contribution in [0.2, 0.25) is 0 Å². The highest BCUT2D eigenvalue weighted by molar-refractivity contribution is 6.04. The summed E-state index contributed by atoms with van der Waals surface area (Å²) in [6, 6.07) is -0.190. The normalized spacial score (nSPS) is 23.7. The number of allylic oxidation sites excluding steroid dienone is 3. The standard InChI is InChI=1S/C19H29N5O/c1-5-17-8-9-20-18(17)21-11-15(4)23-19(25)22-12-16-7-6-10-24(13-16)14(2)3/h5,8-9,11,16H,2,6-7,10,12-13H2,1,3-4H3,(H,20,21)(H2,22,23,25)/b15-11+,17-5?. The van der Waals surface area contributed by atoms with Gasteiger partial charge in [-0.05, 0) is 45.6 Å². The van der Waals surface area contributed by atoms with E-state index < -0.39 is 0 Å². The molecule has 0 aromatic carbocycles. The Balaban J connectivity index is 1.77. The summed E-state index contributed by atoms with van der Waals surface area (Å²) in [4.78, 5) is 18.7. The summed E-state index contributed by atoms with van der Waals surface area (Å²) in [7, 11) is 0. The Morgan fingerprint density at radius 2 is 2.32 bits per heavy atom. The van der Waals surface area contributed by atoms with Crippen LogP contribution in [0.25, 0.3) is 0 Å². The third kappa shape index (κ3) is 5.81. The monoisotopic (exact) mass is 343 g/mol. The van der Waals surface area contributed by atoms with Gasteiger partial charge in [-0.25, -0.2) is 9.79 Å². The average molecular weight is 343 g/mol. The van der Waals surface area contributed by atoms with Crippen molar-refractivity contribution in [2.24, 2.45) is 10.9 Å². The summed E-state index contributed by atoms with van der Waals surface area (Å²) < 4.78 is 0. The van der Waals surface area contributed by atoms with Gasteiger partial charge in [0.05, 0.1) is 0 Å². The molecule has 6 heteroatoms. The summed E-state index contributed by atoms with van der Waals surface area (Å²) in [6.07, 6.45) is 9.72. The Morgan fingerprint density at radius 3 is 3.04 bits per heavy atom. The second-order valence-electron chi connectivity index (χ2n) is 6.54. The number of hydrogen-bond acceptors (Lipinski definition) is 3. The number of likely N-dealkylation sites (tertiary alicyclic amines) is 1. The van der Waals surface area contributed by atoms with Crippen molar-refractivity contribution in [2.75, 3.05) is 19.6 Å². The van der Waals surface area contributed by atoms with Gasteiger partial charge >= 0.3 is 6.03 Å². The lowest BCUT2D eigenvalue weighted by Gasteiger charge is -2.34. The van der Waals surface area contributed by atoms with E-state index in [4.69, 9.17) is 0 Å². The highest BCUT2D eigenvalue weighted by atomic mass is 16.2. The van der Waals surface area contributed by atoms with Gasteiger partial charge in [-0.3, -0.25) is 0 Å². The van der Waals surface area contributed by atoms with E-state index in [1.54, 1.807) is 6.20 Å². The molecule has 2 heterocycles. The molecule has 2 aliphatic rings. The van der Waals surface area contributed by atoms with Crippen molar-refractivity contribution in [2.45, 2.75) is 33.6 Å². The number of carbonyl (C=O) groups is 1. The van der Waals surface area contributed by atoms with Gasteiger partial charge < -0.3 is 20.9 Å². The van der Waals surface area contributed by atoms with Crippen LogP contribution in [-0.4, -0.2) is 36.4 Å². The van der Waals surface area contributed by atoms with Crippen LogP contribution < -0.4 is 16.0 Å². The predicted molar refractivity (Wildman–Crippen MR) is 103 cm³/mol. The Hall–Kier alpha value is -2.50. The van der Waals surface area contributed by atoms with Crippen LogP contribution in [0.3, 0.4) is 0 Å². The number of nitrogens with one attached hydrogen (secondary N) is 3. The molecule has 0 spiro atoms. The summed E-state index contributed by atoms with van der Waals surface area (Å²) in [5, 5.41) is 8.84. The van der Waals surface area contributed by atoms with Crippen molar-refractivity contribution in [3.8, 4) is 0 Å². The Bertz CT molecular complexity index is 630. The number of aliphatic imine (C=N–C) groups is 1. The molecule has 3 N–H and O–H groups in total. The molecule has 1 atom stereocenters. The number of nitrogens with zero attached hydrogens (tertiary/aromatic N) is 2. The van der Waals surface area contributed by atoms with Gasteiger partial charge in [-0.2, -0.15) is 0 Å². The first-order valence-electron chi connectivity index (χ1n) is 8.79. The van der Waals surface area contributed by atoms with Crippen LogP contribution in [-0.2, 0) is 0 Å². The minimum absolute atomic E-state index is 0.190. The second-order valence-corrected chi connectivity index (χ2v) is 6.54. The molecule has 0 bridgehead atoms. The van der Waals surface area contributed by atoms with E-state index in [-0.39, 0.29) is 6.03 Å². The predicted octanol–water partition coefficient (Wildman–Crippen LogP) is 2.85. The molecule has 2 amide bonds. The largest absolute Gasteiger partial charge is 0.375 e. The maximum absolute atomic E-state index is 12.0. The second kappa shape index (κ2) is 9.11. The molecular formula is C19H29N5O. The molecule has 1 saturated heterocycles. The van der Waals surface area contributed by atoms with Gasteiger partial charge in [0.25, 0.3) is 0 Å². The first-order valence-corrected chi connectivity index (χ1v) is 8.79. The number of amides is 2. The fraction of sp³-hybridized carbons (Fsp3) is 0.474. The van der Waals surface area contributed by atoms with E-state index in [9.17, 15) is 4.79 Å². The molecule has 25 heavy (non-hydrogen) atoms. The topological polar surface area (TPSA) is 68.8 Å². The van der Waals surface area contributed by atoms with Crippen LogP contribution >= 0.6 is 0 Å². The Morgan fingerprint density at radius 1 is 1.52 bits per heavy atom. The first-order chi connectivity index (χ1) is 12.0. The Kier molecular flexibility index (Phi) is 6.86. The van der Waals surface area contributed by atoms with Crippen molar-refractivity contribution in [1.82, 2.24) is 20.9 Å². The van der Waals surface area contributed by atoms with Crippen LogP contribution in [0.1, 0.15) is 33.6 Å². The molecule has 1 unspecified atom stereocenters. The summed E-state index contributed by atoms with van der Waals surface area (Å²) in [5.41, 5.74) is 2.83. The number of carbonyl (C=O) groups excluding carboxylic acids is 1. The van der Waals surface area contributed by atoms with Gasteiger partial charge in [0.2, 0.25) is 0 Å². The van der Waals surface area contributed by atoms with E-state index in [2.05, 4.69) is 32.4 Å². The number of amidine groups is 1. The van der Waals surface area contributed by atoms with Crippen molar-refractivity contribution in [3.05, 3.63) is 48.1 Å². The van der Waals surface area contributed by atoms with E-state index in [1.807, 2.05) is 39.1 Å². The third-order valence-corrected chi connectivity index (χ3v) is 4.38. The van der Waals surface area contributed by atoms with Gasteiger partial charge in [0.15, 0.2) is 0 Å². The molecule has 0 aromatic heterocycles. The highest BCUT2D eigenvalue weighted by Crippen LogP contribution is 2.18. The molecule has 0 saturated carbocycles. The maximum atomic E-state index is 12.0. The van der Waals surface area contributed by atoms with E-state index in [1.165, 1.54) is 0 Å². The Labute approximate surface area is 150 Å². The molecular weight excluding hydrogens is 314 g/mol. The lowest BCUT2D eigenvalue weighted by molar-refractivity contribution is 0.209. The zero-order valence-corrected chi connectivity index (χ0v) is 15.4. The fourth-order valence-corrected chi connectivity index (χ4v) is 2.95. The van der Waals surface area contributed by atoms with E-state index in [0.29, 0.717) is 18.2 Å². The van der Waals surface area contributed by atoms with Crippen LogP contribution in [0, 0.1) is 5.92 Å². The molecule has 6 nitrogen and oxygen atoms in total. The van der Waals surface area contributed by atoms with Crippen LogP contribution in [0.4, 0.5) is 4.79 Å². The van der Waals surface area contributed by atoms with Crippen LogP contribution in [0.5, 0.6) is 0 Å². The molecule has 2 rings (SSSR count). The highest BCUT2D eigenvalue weighted by Gasteiger charge is 2.19. The summed E-state index contributed by atoms with van der Waals surface area (Å²) in [6.45, 7) is 12.5. The molecule has 0 aliphatic carbocycles. The van der Waals surface area contributed by atoms with Gasteiger partial charge in [-0.15, -0.1) is 0 Å². The number of urea groups is 1. The van der Waals surface area contributed by atoms with Crippen molar-refractivity contribution < 1.29 is 4.79 Å². The summed E-state index contributed by atoms with van der Waals surface area (Å²) >= 11 is 0. The van der Waals surface area contributed by atoms with Crippen molar-refractivity contribution in [3.63, 3.8) is 0 Å². The van der Waals surface area contributed by atoms with Gasteiger partial charge in [0.1, 0.15) is 5.84 Å². The maximum Gasteiger partial charge on any atom is 0.319 e. The van der Waals surface area contributed by atoms with Gasteiger partial charge in [-0.1, -0.05) is 12.7 Å². The SMILES string of the molecule is C=C(C)N1CCCC(CNC(=O)N/C(C)=C/N=C2/NC=CC2=CC)C1. The van der Waals surface area contributed by atoms with Crippen molar-refractivity contribution >= 4 is 11.9 Å². The molecule has 136 valence electrons.